The number of ether oxygens (including phenoxy) is 1. The summed E-state index contributed by atoms with van der Waals surface area (Å²) in [6.45, 7) is 2.47. The Labute approximate surface area is 87.5 Å². The number of hydrogen-bond donors (Lipinski definition) is 0. The van der Waals surface area contributed by atoms with Gasteiger partial charge in [-0.05, 0) is 5.92 Å². The third-order valence-electron chi connectivity index (χ3n) is 1.80. The third kappa shape index (κ3) is 2.73. The molecule has 5 heteroatoms. The van der Waals surface area contributed by atoms with E-state index in [1.807, 2.05) is 6.92 Å². The van der Waals surface area contributed by atoms with Crippen LogP contribution in [0.25, 0.3) is 0 Å². The van der Waals surface area contributed by atoms with Gasteiger partial charge in [0.05, 0.1) is 7.11 Å². The highest BCUT2D eigenvalue weighted by Crippen LogP contribution is 2.03. The Morgan fingerprint density at radius 1 is 1.64 bits per heavy atom. The van der Waals surface area contributed by atoms with Crippen molar-refractivity contribution in [3.63, 3.8) is 0 Å². The minimum Gasteiger partial charge on any atom is -0.480 e. The van der Waals surface area contributed by atoms with Crippen molar-refractivity contribution in [1.82, 2.24) is 9.78 Å². The van der Waals surface area contributed by atoms with E-state index in [1.54, 1.807) is 6.07 Å². The molecule has 0 N–H and O–H groups in total. The summed E-state index contributed by atoms with van der Waals surface area (Å²) in [5.41, 5.74) is -0.136. The molecule has 0 saturated carbocycles. The van der Waals surface area contributed by atoms with Gasteiger partial charge in [-0.25, -0.2) is 4.68 Å². The molecule has 1 rings (SSSR count). The predicted octanol–water partition coefficient (Wildman–Crippen LogP) is 1.13. The van der Waals surface area contributed by atoms with Crippen molar-refractivity contribution in [3.8, 4) is 5.88 Å². The minimum atomic E-state index is -0.136. The molecule has 0 fully saturated rings. The van der Waals surface area contributed by atoms with Crippen LogP contribution in [0.15, 0.2) is 16.9 Å². The molecule has 1 heterocycles. The number of methoxy groups -OCH3 is 1. The fourth-order valence-electron chi connectivity index (χ4n) is 1.01. The fraction of sp³-hybridized carbons (Fsp3) is 0.556. The Balaban J connectivity index is 2.89. The first-order valence-electron chi connectivity index (χ1n) is 4.35. The van der Waals surface area contributed by atoms with Crippen molar-refractivity contribution < 1.29 is 4.74 Å². The van der Waals surface area contributed by atoms with Crippen molar-refractivity contribution in [2.45, 2.75) is 13.5 Å². The van der Waals surface area contributed by atoms with Crippen LogP contribution in [0.5, 0.6) is 5.88 Å². The average Bonchev–Trinajstić information content (AvgIpc) is 2.21. The maximum absolute atomic E-state index is 11.3. The van der Waals surface area contributed by atoms with Gasteiger partial charge < -0.3 is 4.74 Å². The molecule has 0 aliphatic rings. The van der Waals surface area contributed by atoms with Gasteiger partial charge in [-0.3, -0.25) is 4.79 Å². The molecule has 0 aliphatic heterocycles. The second-order valence-electron chi connectivity index (χ2n) is 3.16. The van der Waals surface area contributed by atoms with Gasteiger partial charge in [0, 0.05) is 24.6 Å². The molecule has 1 aromatic rings. The van der Waals surface area contributed by atoms with Gasteiger partial charge in [0.2, 0.25) is 5.88 Å². The van der Waals surface area contributed by atoms with E-state index in [2.05, 4.69) is 5.10 Å². The summed E-state index contributed by atoms with van der Waals surface area (Å²) in [5.74, 6) is 1.16. The summed E-state index contributed by atoms with van der Waals surface area (Å²) in [7, 11) is 1.52. The van der Waals surface area contributed by atoms with E-state index < -0.39 is 0 Å². The van der Waals surface area contributed by atoms with Crippen LogP contribution < -0.4 is 10.3 Å². The van der Waals surface area contributed by atoms with Gasteiger partial charge in [0.25, 0.3) is 5.56 Å². The lowest BCUT2D eigenvalue weighted by molar-refractivity contribution is 0.365. The summed E-state index contributed by atoms with van der Waals surface area (Å²) >= 11 is 5.65. The van der Waals surface area contributed by atoms with E-state index in [-0.39, 0.29) is 11.5 Å². The monoisotopic (exact) mass is 216 g/mol. The Morgan fingerprint density at radius 3 is 2.93 bits per heavy atom. The van der Waals surface area contributed by atoms with Crippen molar-refractivity contribution in [1.29, 1.82) is 0 Å². The van der Waals surface area contributed by atoms with E-state index in [9.17, 15) is 4.79 Å². The number of aromatic nitrogens is 2. The molecule has 4 nitrogen and oxygen atoms in total. The number of rotatable bonds is 4. The normalized spacial score (nSPS) is 12.5. The highest BCUT2D eigenvalue weighted by molar-refractivity contribution is 6.18. The van der Waals surface area contributed by atoms with Crippen LogP contribution in [-0.4, -0.2) is 22.8 Å². The lowest BCUT2D eigenvalue weighted by atomic mass is 10.2. The van der Waals surface area contributed by atoms with Gasteiger partial charge in [0.15, 0.2) is 0 Å². The van der Waals surface area contributed by atoms with Gasteiger partial charge in [0.1, 0.15) is 0 Å². The Kier molecular flexibility index (Phi) is 3.95. The smallest absolute Gasteiger partial charge is 0.266 e. The van der Waals surface area contributed by atoms with E-state index in [4.69, 9.17) is 16.3 Å². The average molecular weight is 217 g/mol. The standard InChI is InChI=1S/C9H13ClN2O2/c1-7(5-10)6-12-9(13)4-3-8(11-12)14-2/h3-4,7H,5-6H2,1-2H3. The van der Waals surface area contributed by atoms with Crippen molar-refractivity contribution in [2.24, 2.45) is 5.92 Å². The Bertz CT molecular complexity index is 351. The van der Waals surface area contributed by atoms with Crippen molar-refractivity contribution >= 4 is 11.6 Å². The largest absolute Gasteiger partial charge is 0.480 e. The number of alkyl halides is 1. The Morgan fingerprint density at radius 2 is 2.36 bits per heavy atom. The maximum Gasteiger partial charge on any atom is 0.266 e. The molecular formula is C9H13ClN2O2. The highest BCUT2D eigenvalue weighted by Gasteiger charge is 2.05. The molecule has 0 spiro atoms. The van der Waals surface area contributed by atoms with Crippen molar-refractivity contribution in [2.75, 3.05) is 13.0 Å². The van der Waals surface area contributed by atoms with Gasteiger partial charge in [-0.2, -0.15) is 0 Å². The highest BCUT2D eigenvalue weighted by atomic mass is 35.5. The van der Waals surface area contributed by atoms with Gasteiger partial charge >= 0.3 is 0 Å². The molecule has 1 aromatic heterocycles. The predicted molar refractivity (Wildman–Crippen MR) is 54.9 cm³/mol. The zero-order valence-corrected chi connectivity index (χ0v) is 8.99. The summed E-state index contributed by atoms with van der Waals surface area (Å²) < 4.78 is 6.29. The molecule has 0 amide bonds. The molecule has 1 atom stereocenters. The fourth-order valence-corrected chi connectivity index (χ4v) is 1.11. The molecule has 78 valence electrons. The SMILES string of the molecule is COc1ccc(=O)n(CC(C)CCl)n1. The van der Waals surface area contributed by atoms with Crippen LogP contribution >= 0.6 is 11.6 Å². The first-order chi connectivity index (χ1) is 6.67. The van der Waals surface area contributed by atoms with Crippen LogP contribution in [-0.2, 0) is 6.54 Å². The molecule has 0 aliphatic carbocycles. The zero-order chi connectivity index (χ0) is 10.6. The van der Waals surface area contributed by atoms with Gasteiger partial charge in [-0.15, -0.1) is 16.7 Å². The van der Waals surface area contributed by atoms with E-state index in [1.165, 1.54) is 17.9 Å². The molecule has 14 heavy (non-hydrogen) atoms. The molecule has 0 radical (unpaired) electrons. The minimum absolute atomic E-state index is 0.136. The van der Waals surface area contributed by atoms with Crippen LogP contribution in [0.3, 0.4) is 0 Å². The van der Waals surface area contributed by atoms with E-state index in [0.717, 1.165) is 0 Å². The lowest BCUT2D eigenvalue weighted by Crippen LogP contribution is -2.25. The summed E-state index contributed by atoms with van der Waals surface area (Å²) in [6.07, 6.45) is 0. The zero-order valence-electron chi connectivity index (χ0n) is 8.24. The first kappa shape index (κ1) is 11.0. The topological polar surface area (TPSA) is 44.1 Å². The first-order valence-corrected chi connectivity index (χ1v) is 4.89. The van der Waals surface area contributed by atoms with Crippen LogP contribution in [0, 0.1) is 5.92 Å². The molecule has 0 saturated heterocycles. The number of hydrogen-bond acceptors (Lipinski definition) is 3. The molecular weight excluding hydrogens is 204 g/mol. The number of halogens is 1. The molecule has 0 bridgehead atoms. The molecule has 0 aromatic carbocycles. The van der Waals surface area contributed by atoms with Gasteiger partial charge in [-0.1, -0.05) is 6.92 Å². The second kappa shape index (κ2) is 5.00. The third-order valence-corrected chi connectivity index (χ3v) is 2.33. The van der Waals surface area contributed by atoms with Crippen LogP contribution in [0.2, 0.25) is 0 Å². The van der Waals surface area contributed by atoms with E-state index >= 15 is 0 Å². The van der Waals surface area contributed by atoms with Crippen LogP contribution in [0.1, 0.15) is 6.92 Å². The number of nitrogens with zero attached hydrogens (tertiary/aromatic N) is 2. The van der Waals surface area contributed by atoms with Crippen LogP contribution in [0.4, 0.5) is 0 Å². The Hall–Kier alpha value is -1.03. The molecule has 1 unspecified atom stereocenters. The summed E-state index contributed by atoms with van der Waals surface area (Å²) in [5, 5.41) is 4.00. The quantitative estimate of drug-likeness (QED) is 0.709. The summed E-state index contributed by atoms with van der Waals surface area (Å²) in [6, 6.07) is 2.98. The summed E-state index contributed by atoms with van der Waals surface area (Å²) in [4.78, 5) is 11.3. The lowest BCUT2D eigenvalue weighted by Gasteiger charge is -2.09. The van der Waals surface area contributed by atoms with Crippen molar-refractivity contribution in [3.05, 3.63) is 22.5 Å². The maximum atomic E-state index is 11.3. The van der Waals surface area contributed by atoms with E-state index in [0.29, 0.717) is 18.3 Å². The second-order valence-corrected chi connectivity index (χ2v) is 3.46.